The van der Waals surface area contributed by atoms with Crippen molar-refractivity contribution in [3.63, 3.8) is 0 Å². The molecule has 0 aromatic carbocycles. The predicted molar refractivity (Wildman–Crippen MR) is 53.2 cm³/mol. The van der Waals surface area contributed by atoms with Crippen LogP contribution >= 0.6 is 0 Å². The summed E-state index contributed by atoms with van der Waals surface area (Å²) >= 11 is 0. The van der Waals surface area contributed by atoms with Crippen LogP contribution in [0.1, 0.15) is 26.2 Å². The lowest BCUT2D eigenvalue weighted by Gasteiger charge is -2.04. The van der Waals surface area contributed by atoms with Gasteiger partial charge in [0.1, 0.15) is 0 Å². The molecule has 0 fully saturated rings. The molecule has 0 heterocycles. The zero-order chi connectivity index (χ0) is 10.6. The molecule has 0 aliphatic carbocycles. The molecule has 0 aliphatic heterocycles. The van der Waals surface area contributed by atoms with Crippen molar-refractivity contribution >= 4 is 5.97 Å². The molecule has 4 heteroatoms. The largest absolute Gasteiger partial charge is 0.466 e. The summed E-state index contributed by atoms with van der Waals surface area (Å²) in [6, 6.07) is 0. The summed E-state index contributed by atoms with van der Waals surface area (Å²) in [4.78, 5) is 11.0. The number of hydrogen-bond acceptors (Lipinski definition) is 4. The molecule has 14 heavy (non-hydrogen) atoms. The van der Waals surface area contributed by atoms with Crippen LogP contribution < -0.4 is 0 Å². The van der Waals surface area contributed by atoms with E-state index in [1.54, 1.807) is 7.11 Å². The van der Waals surface area contributed by atoms with Gasteiger partial charge in [-0.25, -0.2) is 0 Å². The molecule has 84 valence electrons. The van der Waals surface area contributed by atoms with Crippen molar-refractivity contribution < 1.29 is 19.0 Å². The number of esters is 1. The van der Waals surface area contributed by atoms with Crippen LogP contribution in [0.4, 0.5) is 0 Å². The van der Waals surface area contributed by atoms with Gasteiger partial charge in [0, 0.05) is 20.1 Å². The Balaban J connectivity index is 3.07. The van der Waals surface area contributed by atoms with Crippen LogP contribution in [-0.4, -0.2) is 39.5 Å². The first-order valence-corrected chi connectivity index (χ1v) is 5.03. The van der Waals surface area contributed by atoms with E-state index >= 15 is 0 Å². The van der Waals surface area contributed by atoms with Crippen LogP contribution in [0.25, 0.3) is 0 Å². The van der Waals surface area contributed by atoms with E-state index in [-0.39, 0.29) is 5.97 Å². The monoisotopic (exact) mass is 204 g/mol. The molecular formula is C10H20O4. The number of methoxy groups -OCH3 is 1. The molecule has 0 unspecified atom stereocenters. The van der Waals surface area contributed by atoms with Crippen molar-refractivity contribution in [2.45, 2.75) is 26.2 Å². The van der Waals surface area contributed by atoms with E-state index in [2.05, 4.69) is 0 Å². The number of hydrogen-bond donors (Lipinski definition) is 0. The van der Waals surface area contributed by atoms with Gasteiger partial charge in [-0.3, -0.25) is 4.79 Å². The molecule has 0 aromatic rings. The Morgan fingerprint density at radius 3 is 2.57 bits per heavy atom. The lowest BCUT2D eigenvalue weighted by molar-refractivity contribution is -0.144. The van der Waals surface area contributed by atoms with Crippen molar-refractivity contribution in [1.29, 1.82) is 0 Å². The highest BCUT2D eigenvalue weighted by atomic mass is 16.5. The molecule has 0 spiro atoms. The third-order valence-corrected chi connectivity index (χ3v) is 1.57. The Kier molecular flexibility index (Phi) is 10.0. The molecule has 0 radical (unpaired) electrons. The van der Waals surface area contributed by atoms with Gasteiger partial charge in [-0.05, 0) is 12.8 Å². The van der Waals surface area contributed by atoms with Gasteiger partial charge >= 0.3 is 5.97 Å². The smallest absolute Gasteiger partial charge is 0.305 e. The molecule has 0 amide bonds. The molecule has 4 nitrogen and oxygen atoms in total. The third-order valence-electron chi connectivity index (χ3n) is 1.57. The minimum Gasteiger partial charge on any atom is -0.466 e. The van der Waals surface area contributed by atoms with E-state index in [0.717, 1.165) is 6.42 Å². The first kappa shape index (κ1) is 13.4. The van der Waals surface area contributed by atoms with Gasteiger partial charge in [0.05, 0.1) is 19.8 Å². The number of carbonyl (C=O) groups is 1. The number of ether oxygens (including phenoxy) is 3. The average molecular weight is 204 g/mol. The maximum Gasteiger partial charge on any atom is 0.305 e. The fourth-order valence-electron chi connectivity index (χ4n) is 0.851. The van der Waals surface area contributed by atoms with Crippen molar-refractivity contribution in [3.8, 4) is 0 Å². The SMILES string of the molecule is CCCOC(=O)CCCOCCOC. The average Bonchev–Trinajstić information content (AvgIpc) is 2.20. The van der Waals surface area contributed by atoms with E-state index in [1.165, 1.54) is 0 Å². The van der Waals surface area contributed by atoms with Crippen LogP contribution in [-0.2, 0) is 19.0 Å². The molecule has 0 atom stereocenters. The normalized spacial score (nSPS) is 10.1. The number of rotatable bonds is 9. The summed E-state index contributed by atoms with van der Waals surface area (Å²) in [5.74, 6) is -0.137. The third kappa shape index (κ3) is 9.48. The summed E-state index contributed by atoms with van der Waals surface area (Å²) in [7, 11) is 1.63. The topological polar surface area (TPSA) is 44.8 Å². The Morgan fingerprint density at radius 2 is 1.93 bits per heavy atom. The molecule has 0 bridgehead atoms. The quantitative estimate of drug-likeness (QED) is 0.420. The molecule has 0 N–H and O–H groups in total. The van der Waals surface area contributed by atoms with Gasteiger partial charge < -0.3 is 14.2 Å². The second-order valence-electron chi connectivity index (χ2n) is 2.93. The standard InChI is InChI=1S/C10H20O4/c1-3-6-14-10(11)5-4-7-13-9-8-12-2/h3-9H2,1-2H3. The molecule has 0 saturated heterocycles. The fourth-order valence-corrected chi connectivity index (χ4v) is 0.851. The highest BCUT2D eigenvalue weighted by Crippen LogP contribution is 1.94. The van der Waals surface area contributed by atoms with Gasteiger partial charge in [0.25, 0.3) is 0 Å². The fraction of sp³-hybridized carbons (Fsp3) is 0.900. The van der Waals surface area contributed by atoms with E-state index in [9.17, 15) is 4.79 Å². The van der Waals surface area contributed by atoms with Gasteiger partial charge in [-0.15, -0.1) is 0 Å². The Bertz CT molecular complexity index is 136. The molecule has 0 saturated carbocycles. The zero-order valence-electron chi connectivity index (χ0n) is 9.08. The van der Waals surface area contributed by atoms with E-state index in [1.807, 2.05) is 6.92 Å². The summed E-state index contributed by atoms with van der Waals surface area (Å²) in [6.45, 7) is 4.26. The Hall–Kier alpha value is -0.610. The van der Waals surface area contributed by atoms with Crippen molar-refractivity contribution in [3.05, 3.63) is 0 Å². The predicted octanol–water partition coefficient (Wildman–Crippen LogP) is 1.38. The molecular weight excluding hydrogens is 184 g/mol. The Labute approximate surface area is 85.5 Å². The van der Waals surface area contributed by atoms with Crippen molar-refractivity contribution in [2.24, 2.45) is 0 Å². The van der Waals surface area contributed by atoms with Crippen LogP contribution in [0, 0.1) is 0 Å². The minimum atomic E-state index is -0.137. The second-order valence-corrected chi connectivity index (χ2v) is 2.93. The highest BCUT2D eigenvalue weighted by Gasteiger charge is 2.00. The first-order valence-electron chi connectivity index (χ1n) is 5.03. The van der Waals surface area contributed by atoms with Crippen molar-refractivity contribution in [2.75, 3.05) is 33.5 Å². The summed E-state index contributed by atoms with van der Waals surface area (Å²) in [5, 5.41) is 0. The zero-order valence-corrected chi connectivity index (χ0v) is 9.08. The second kappa shape index (κ2) is 10.5. The van der Waals surface area contributed by atoms with Gasteiger partial charge in [0.15, 0.2) is 0 Å². The van der Waals surface area contributed by atoms with E-state index in [0.29, 0.717) is 39.3 Å². The van der Waals surface area contributed by atoms with Gasteiger partial charge in [-0.2, -0.15) is 0 Å². The lowest BCUT2D eigenvalue weighted by Crippen LogP contribution is -2.08. The number of carbonyl (C=O) groups excluding carboxylic acids is 1. The van der Waals surface area contributed by atoms with Crippen LogP contribution in [0.2, 0.25) is 0 Å². The van der Waals surface area contributed by atoms with Crippen LogP contribution in [0.15, 0.2) is 0 Å². The first-order chi connectivity index (χ1) is 6.81. The Morgan fingerprint density at radius 1 is 1.14 bits per heavy atom. The maximum atomic E-state index is 11.0. The highest BCUT2D eigenvalue weighted by molar-refractivity contribution is 5.69. The van der Waals surface area contributed by atoms with Crippen LogP contribution in [0.3, 0.4) is 0 Å². The molecule has 0 aromatic heterocycles. The summed E-state index contributed by atoms with van der Waals surface area (Å²) < 4.78 is 14.9. The molecule has 0 aliphatic rings. The van der Waals surface area contributed by atoms with Crippen molar-refractivity contribution in [1.82, 2.24) is 0 Å². The van der Waals surface area contributed by atoms with Gasteiger partial charge in [-0.1, -0.05) is 6.92 Å². The van der Waals surface area contributed by atoms with E-state index < -0.39 is 0 Å². The lowest BCUT2D eigenvalue weighted by atomic mass is 10.3. The minimum absolute atomic E-state index is 0.137. The van der Waals surface area contributed by atoms with Gasteiger partial charge in [0.2, 0.25) is 0 Å². The summed E-state index contributed by atoms with van der Waals surface area (Å²) in [5.41, 5.74) is 0. The van der Waals surface area contributed by atoms with E-state index in [4.69, 9.17) is 14.2 Å². The maximum absolute atomic E-state index is 11.0. The van der Waals surface area contributed by atoms with Crippen LogP contribution in [0.5, 0.6) is 0 Å². The molecule has 0 rings (SSSR count). The summed E-state index contributed by atoms with van der Waals surface area (Å²) in [6.07, 6.45) is 2.02.